The minimum atomic E-state index is -0.254. The highest BCUT2D eigenvalue weighted by atomic mass is 16.5. The van der Waals surface area contributed by atoms with Crippen LogP contribution in [0, 0.1) is 0 Å². The fraction of sp³-hybridized carbons (Fsp3) is 0.318. The second kappa shape index (κ2) is 8.09. The fourth-order valence-corrected chi connectivity index (χ4v) is 3.14. The van der Waals surface area contributed by atoms with Gasteiger partial charge in [0, 0.05) is 5.57 Å². The van der Waals surface area contributed by atoms with E-state index in [1.807, 2.05) is 25.2 Å². The van der Waals surface area contributed by atoms with Crippen LogP contribution < -0.4 is 5.56 Å². The summed E-state index contributed by atoms with van der Waals surface area (Å²) in [5.41, 5.74) is 3.31. The second-order valence-corrected chi connectivity index (χ2v) is 6.62. The Hall–Kier alpha value is -2.75. The van der Waals surface area contributed by atoms with E-state index in [-0.39, 0.29) is 11.7 Å². The largest absolute Gasteiger partial charge is 0.491 e. The van der Waals surface area contributed by atoms with Crippen LogP contribution in [-0.4, -0.2) is 11.3 Å². The number of hydrogen-bond acceptors (Lipinski definition) is 3. The third kappa shape index (κ3) is 4.26. The van der Waals surface area contributed by atoms with Gasteiger partial charge in [-0.1, -0.05) is 43.8 Å². The third-order valence-corrected chi connectivity index (χ3v) is 4.84. The normalized spacial score (nSPS) is 20.2. The Balaban J connectivity index is 1.49. The molecule has 1 saturated carbocycles. The lowest BCUT2D eigenvalue weighted by molar-refractivity contribution is 0.0432. The van der Waals surface area contributed by atoms with Crippen molar-refractivity contribution >= 4 is 5.57 Å². The number of aromatic amines is 1. The molecule has 0 aliphatic heterocycles. The number of benzene rings is 1. The van der Waals surface area contributed by atoms with Gasteiger partial charge in [-0.25, -0.2) is 0 Å². The van der Waals surface area contributed by atoms with Crippen LogP contribution >= 0.6 is 0 Å². The van der Waals surface area contributed by atoms with E-state index in [1.165, 1.54) is 17.2 Å². The molecule has 3 rings (SSSR count). The molecular weight excluding hydrogens is 326 g/mol. The summed E-state index contributed by atoms with van der Waals surface area (Å²) < 4.78 is 11.0. The highest BCUT2D eigenvalue weighted by Gasteiger charge is 2.31. The molecule has 1 N–H and O–H groups in total. The van der Waals surface area contributed by atoms with Crippen molar-refractivity contribution < 1.29 is 9.26 Å². The SMILES string of the molecule is C=C(/C=C\C(=C/C)c1cc(=O)[nH]o1)OC1CC(c2ccc(CC)cc2)C1. The quantitative estimate of drug-likeness (QED) is 0.566. The Kier molecular flexibility index (Phi) is 5.61. The molecule has 26 heavy (non-hydrogen) atoms. The number of H-pyrrole nitrogens is 1. The molecule has 4 heteroatoms. The van der Waals surface area contributed by atoms with Crippen molar-refractivity contribution in [2.24, 2.45) is 0 Å². The Bertz CT molecular complexity index is 861. The number of hydrogen-bond donors (Lipinski definition) is 1. The van der Waals surface area contributed by atoms with Gasteiger partial charge >= 0.3 is 0 Å². The zero-order chi connectivity index (χ0) is 18.5. The lowest BCUT2D eigenvalue weighted by Gasteiger charge is -2.36. The van der Waals surface area contributed by atoms with Crippen molar-refractivity contribution in [2.45, 2.75) is 45.1 Å². The molecule has 0 atom stereocenters. The zero-order valence-corrected chi connectivity index (χ0v) is 15.3. The molecule has 1 heterocycles. The second-order valence-electron chi connectivity index (χ2n) is 6.62. The predicted molar refractivity (Wildman–Crippen MR) is 104 cm³/mol. The average Bonchev–Trinajstić information content (AvgIpc) is 3.05. The van der Waals surface area contributed by atoms with Gasteiger partial charge in [0.1, 0.15) is 5.76 Å². The van der Waals surface area contributed by atoms with E-state index in [0.29, 0.717) is 17.4 Å². The summed E-state index contributed by atoms with van der Waals surface area (Å²) in [7, 11) is 0. The van der Waals surface area contributed by atoms with E-state index in [9.17, 15) is 4.79 Å². The van der Waals surface area contributed by atoms with Crippen LogP contribution in [0.1, 0.15) is 49.5 Å². The number of allylic oxidation sites excluding steroid dienone is 4. The van der Waals surface area contributed by atoms with E-state index < -0.39 is 0 Å². The summed E-state index contributed by atoms with van der Waals surface area (Å²) in [5, 5.41) is 2.29. The molecule has 1 aromatic carbocycles. The minimum Gasteiger partial charge on any atom is -0.491 e. The first-order valence-corrected chi connectivity index (χ1v) is 9.06. The molecule has 4 nitrogen and oxygen atoms in total. The molecular formula is C22H25NO3. The zero-order valence-electron chi connectivity index (χ0n) is 15.3. The van der Waals surface area contributed by atoms with E-state index in [2.05, 4.69) is 42.9 Å². The van der Waals surface area contributed by atoms with Gasteiger partial charge in [0.15, 0.2) is 5.76 Å². The van der Waals surface area contributed by atoms with Crippen molar-refractivity contribution in [3.8, 4) is 0 Å². The van der Waals surface area contributed by atoms with Crippen LogP contribution in [0.25, 0.3) is 5.57 Å². The highest BCUT2D eigenvalue weighted by molar-refractivity contribution is 5.70. The number of nitrogens with one attached hydrogen (secondary N) is 1. The molecule has 0 saturated heterocycles. The summed E-state index contributed by atoms with van der Waals surface area (Å²) in [6.45, 7) is 8.02. The van der Waals surface area contributed by atoms with Crippen molar-refractivity contribution in [2.75, 3.05) is 0 Å². The van der Waals surface area contributed by atoms with Gasteiger partial charge in [-0.05, 0) is 55.4 Å². The Morgan fingerprint density at radius 3 is 2.62 bits per heavy atom. The lowest BCUT2D eigenvalue weighted by atomic mass is 9.77. The topological polar surface area (TPSA) is 55.2 Å². The minimum absolute atomic E-state index is 0.210. The van der Waals surface area contributed by atoms with Crippen molar-refractivity contribution in [3.63, 3.8) is 0 Å². The van der Waals surface area contributed by atoms with Gasteiger partial charge < -0.3 is 9.26 Å². The van der Waals surface area contributed by atoms with Gasteiger partial charge in [0.2, 0.25) is 0 Å². The Morgan fingerprint density at radius 1 is 1.31 bits per heavy atom. The molecule has 136 valence electrons. The van der Waals surface area contributed by atoms with Crippen LogP contribution in [0.3, 0.4) is 0 Å². The predicted octanol–water partition coefficient (Wildman–Crippen LogP) is 4.97. The molecule has 0 radical (unpaired) electrons. The third-order valence-electron chi connectivity index (χ3n) is 4.84. The van der Waals surface area contributed by atoms with Crippen molar-refractivity contribution in [1.82, 2.24) is 5.16 Å². The van der Waals surface area contributed by atoms with E-state index in [0.717, 1.165) is 24.8 Å². The van der Waals surface area contributed by atoms with Crippen LogP contribution in [0.15, 0.2) is 70.2 Å². The maximum Gasteiger partial charge on any atom is 0.280 e. The number of aryl methyl sites for hydroxylation is 1. The van der Waals surface area contributed by atoms with Gasteiger partial charge in [-0.15, -0.1) is 0 Å². The van der Waals surface area contributed by atoms with E-state index >= 15 is 0 Å². The van der Waals surface area contributed by atoms with Gasteiger partial charge in [-0.2, -0.15) is 5.16 Å². The molecule has 0 amide bonds. The first-order valence-electron chi connectivity index (χ1n) is 9.06. The molecule has 1 fully saturated rings. The summed E-state index contributed by atoms with van der Waals surface area (Å²) in [6, 6.07) is 10.3. The molecule has 0 bridgehead atoms. The molecule has 1 aliphatic carbocycles. The molecule has 0 spiro atoms. The number of ether oxygens (including phenoxy) is 1. The molecule has 2 aromatic rings. The summed E-state index contributed by atoms with van der Waals surface area (Å²) in [6.07, 6.45) is 8.84. The average molecular weight is 351 g/mol. The maximum absolute atomic E-state index is 11.2. The fourth-order valence-electron chi connectivity index (χ4n) is 3.14. The van der Waals surface area contributed by atoms with Gasteiger partial charge in [0.25, 0.3) is 5.56 Å². The lowest BCUT2D eigenvalue weighted by Crippen LogP contribution is -2.29. The van der Waals surface area contributed by atoms with Gasteiger partial charge in [-0.3, -0.25) is 4.79 Å². The Labute approximate surface area is 153 Å². The van der Waals surface area contributed by atoms with E-state index in [1.54, 1.807) is 0 Å². The highest BCUT2D eigenvalue weighted by Crippen LogP contribution is 2.39. The van der Waals surface area contributed by atoms with Gasteiger partial charge in [0.05, 0.1) is 12.2 Å². The molecule has 1 aliphatic rings. The first kappa shape index (κ1) is 18.1. The maximum atomic E-state index is 11.2. The van der Waals surface area contributed by atoms with Crippen molar-refractivity contribution in [1.29, 1.82) is 0 Å². The molecule has 1 aromatic heterocycles. The van der Waals surface area contributed by atoms with Crippen LogP contribution in [0.5, 0.6) is 0 Å². The summed E-state index contributed by atoms with van der Waals surface area (Å²) in [4.78, 5) is 11.2. The Morgan fingerprint density at radius 2 is 2.04 bits per heavy atom. The smallest absolute Gasteiger partial charge is 0.280 e. The molecule has 0 unspecified atom stereocenters. The first-order chi connectivity index (χ1) is 12.6. The standard InChI is InChI=1S/C22H25NO3/c1-4-16-7-10-18(11-8-16)19-12-20(13-19)25-15(3)6-9-17(5-2)21-14-22(24)23-26-21/h5-11,14,19-20H,3-4,12-13H2,1-2H3,(H,23,24)/b9-6-,17-5+. The van der Waals surface area contributed by atoms with Crippen molar-refractivity contribution in [3.05, 3.63) is 88.1 Å². The van der Waals surface area contributed by atoms with Crippen LogP contribution in [0.2, 0.25) is 0 Å². The van der Waals surface area contributed by atoms with Crippen LogP contribution in [0.4, 0.5) is 0 Å². The number of rotatable bonds is 7. The van der Waals surface area contributed by atoms with E-state index in [4.69, 9.17) is 9.26 Å². The summed E-state index contributed by atoms with van der Waals surface area (Å²) in [5.74, 6) is 1.69. The van der Waals surface area contributed by atoms with Crippen LogP contribution in [-0.2, 0) is 11.2 Å². The monoisotopic (exact) mass is 351 g/mol. The number of aromatic nitrogens is 1. The summed E-state index contributed by atoms with van der Waals surface area (Å²) >= 11 is 0.